The zero-order chi connectivity index (χ0) is 15.0. The highest BCUT2D eigenvalue weighted by Crippen LogP contribution is 2.22. The van der Waals surface area contributed by atoms with Crippen molar-refractivity contribution in [2.24, 2.45) is 0 Å². The molecule has 2 N–H and O–H groups in total. The van der Waals surface area contributed by atoms with Gasteiger partial charge in [-0.25, -0.2) is 14.6 Å². The Bertz CT molecular complexity index is 902. The largest absolute Gasteiger partial charge is 0.294 e. The number of thiazole rings is 1. The van der Waals surface area contributed by atoms with Crippen molar-refractivity contribution in [3.63, 3.8) is 0 Å². The molecule has 0 saturated carbocycles. The first-order chi connectivity index (χ1) is 10.1. The van der Waals surface area contributed by atoms with Crippen LogP contribution >= 0.6 is 23.7 Å². The van der Waals surface area contributed by atoms with Crippen molar-refractivity contribution in [3.05, 3.63) is 46.7 Å². The summed E-state index contributed by atoms with van der Waals surface area (Å²) >= 11 is 1.27. The second-order valence-corrected chi connectivity index (χ2v) is 5.58. The summed E-state index contributed by atoms with van der Waals surface area (Å²) in [5, 5.41) is 9.51. The molecule has 0 aliphatic rings. The first kappa shape index (κ1) is 16.1. The second kappa shape index (κ2) is 6.25. The zero-order valence-corrected chi connectivity index (χ0v) is 13.6. The normalized spacial score (nSPS) is 10.3. The number of fused-ring (bicyclic) bond motifs is 1. The van der Waals surface area contributed by atoms with Gasteiger partial charge in [0.1, 0.15) is 6.33 Å². The summed E-state index contributed by atoms with van der Waals surface area (Å²) in [4.78, 5) is 20.7. The number of aromatic nitrogens is 3. The molecule has 6 nitrogen and oxygen atoms in total. The molecule has 0 aliphatic carbocycles. The van der Waals surface area contributed by atoms with Gasteiger partial charge < -0.3 is 0 Å². The van der Waals surface area contributed by atoms with E-state index in [0.29, 0.717) is 15.7 Å². The van der Waals surface area contributed by atoms with Gasteiger partial charge in [0, 0.05) is 12.3 Å². The minimum absolute atomic E-state index is 0. The minimum atomic E-state index is -0.00853. The van der Waals surface area contributed by atoms with Gasteiger partial charge in [-0.15, -0.1) is 12.4 Å². The maximum atomic E-state index is 11.5. The van der Waals surface area contributed by atoms with E-state index in [0.717, 1.165) is 10.9 Å². The van der Waals surface area contributed by atoms with E-state index in [-0.39, 0.29) is 23.7 Å². The Morgan fingerprint density at radius 1 is 1.36 bits per heavy atom. The summed E-state index contributed by atoms with van der Waals surface area (Å²) in [6.45, 7) is 3.31. The standard InChI is InChI=1S/C14H13N5OS.ClH/c1-8-12(9(2)20)21-14(17-8)18-19-7-16-11-6-4-3-5-10(11)13(19)15;/h3-7,15H,1-2H3,(H,17,18);1H. The van der Waals surface area contributed by atoms with Gasteiger partial charge in [-0.2, -0.15) is 0 Å². The topological polar surface area (TPSA) is 83.7 Å². The number of nitrogens with zero attached hydrogens (tertiary/aromatic N) is 3. The van der Waals surface area contributed by atoms with Gasteiger partial charge in [-0.3, -0.25) is 15.6 Å². The van der Waals surface area contributed by atoms with Crippen LogP contribution in [0, 0.1) is 12.3 Å². The van der Waals surface area contributed by atoms with E-state index in [9.17, 15) is 4.79 Å². The number of anilines is 1. The highest BCUT2D eigenvalue weighted by molar-refractivity contribution is 7.17. The van der Waals surface area contributed by atoms with Crippen LogP contribution < -0.4 is 10.9 Å². The van der Waals surface area contributed by atoms with E-state index in [1.54, 1.807) is 6.92 Å². The summed E-state index contributed by atoms with van der Waals surface area (Å²) < 4.78 is 1.49. The van der Waals surface area contributed by atoms with Crippen molar-refractivity contribution in [2.75, 3.05) is 5.43 Å². The Labute approximate surface area is 136 Å². The molecule has 2 heterocycles. The van der Waals surface area contributed by atoms with Crippen LogP contribution in [0.2, 0.25) is 0 Å². The summed E-state index contributed by atoms with van der Waals surface area (Å²) in [6.07, 6.45) is 1.54. The molecule has 0 aliphatic heterocycles. The molecular formula is C14H14ClN5OS. The molecular weight excluding hydrogens is 322 g/mol. The molecule has 114 valence electrons. The van der Waals surface area contributed by atoms with Crippen LogP contribution in [0.25, 0.3) is 10.9 Å². The molecule has 0 amide bonds. The Kier molecular flexibility index (Phi) is 4.58. The first-order valence-corrected chi connectivity index (χ1v) is 7.14. The Morgan fingerprint density at radius 3 is 2.77 bits per heavy atom. The number of aryl methyl sites for hydroxylation is 1. The minimum Gasteiger partial charge on any atom is -0.294 e. The van der Waals surface area contributed by atoms with Gasteiger partial charge in [0.2, 0.25) is 5.13 Å². The average Bonchev–Trinajstić information content (AvgIpc) is 2.83. The third kappa shape index (κ3) is 2.86. The molecule has 3 rings (SSSR count). The van der Waals surface area contributed by atoms with E-state index < -0.39 is 0 Å². The lowest BCUT2D eigenvalue weighted by molar-refractivity contribution is 0.102. The summed E-state index contributed by atoms with van der Waals surface area (Å²) in [7, 11) is 0. The fraction of sp³-hybridized carbons (Fsp3) is 0.143. The molecule has 0 bridgehead atoms. The number of halogens is 1. The third-order valence-corrected chi connectivity index (χ3v) is 4.21. The van der Waals surface area contributed by atoms with Gasteiger partial charge in [-0.05, 0) is 19.1 Å². The van der Waals surface area contributed by atoms with Crippen LogP contribution in [-0.2, 0) is 0 Å². The number of Topliss-reactive ketones (excluding diaryl/α,β-unsaturated/α-hetero) is 1. The van der Waals surface area contributed by atoms with Gasteiger partial charge in [0.15, 0.2) is 11.3 Å². The van der Waals surface area contributed by atoms with Crippen LogP contribution in [0.1, 0.15) is 22.3 Å². The number of rotatable bonds is 3. The molecule has 0 atom stereocenters. The van der Waals surface area contributed by atoms with Crippen LogP contribution in [-0.4, -0.2) is 20.4 Å². The SMILES string of the molecule is CC(=O)c1sc(Nn2cnc3ccccc3c2=N)nc1C.Cl. The number of benzene rings is 1. The van der Waals surface area contributed by atoms with Gasteiger partial charge >= 0.3 is 0 Å². The maximum Gasteiger partial charge on any atom is 0.203 e. The number of carbonyl (C=O) groups is 1. The van der Waals surface area contributed by atoms with Crippen molar-refractivity contribution >= 4 is 45.6 Å². The van der Waals surface area contributed by atoms with E-state index in [4.69, 9.17) is 5.41 Å². The van der Waals surface area contributed by atoms with Crippen molar-refractivity contribution in [2.45, 2.75) is 13.8 Å². The molecule has 0 fully saturated rings. The number of hydrogen-bond donors (Lipinski definition) is 2. The van der Waals surface area contributed by atoms with E-state index in [2.05, 4.69) is 15.4 Å². The Morgan fingerprint density at radius 2 is 2.09 bits per heavy atom. The highest BCUT2D eigenvalue weighted by atomic mass is 35.5. The molecule has 2 aromatic heterocycles. The van der Waals surface area contributed by atoms with Crippen LogP contribution in [0.15, 0.2) is 30.6 Å². The molecule has 0 spiro atoms. The second-order valence-electron chi connectivity index (χ2n) is 4.58. The van der Waals surface area contributed by atoms with Crippen LogP contribution in [0.3, 0.4) is 0 Å². The predicted molar refractivity (Wildman–Crippen MR) is 88.7 cm³/mol. The molecule has 0 unspecified atom stereocenters. The molecule has 0 radical (unpaired) electrons. The lowest BCUT2D eigenvalue weighted by Crippen LogP contribution is -2.26. The average molecular weight is 336 g/mol. The van der Waals surface area contributed by atoms with E-state index >= 15 is 0 Å². The number of ketones is 1. The van der Waals surface area contributed by atoms with Gasteiger partial charge in [0.05, 0.1) is 16.1 Å². The number of carbonyl (C=O) groups excluding carboxylic acids is 1. The molecule has 22 heavy (non-hydrogen) atoms. The summed E-state index contributed by atoms with van der Waals surface area (Å²) in [6, 6.07) is 7.46. The lowest BCUT2D eigenvalue weighted by Gasteiger charge is -2.08. The molecule has 3 aromatic rings. The van der Waals surface area contributed by atoms with E-state index in [1.807, 2.05) is 24.3 Å². The zero-order valence-electron chi connectivity index (χ0n) is 12.0. The molecule has 8 heteroatoms. The monoisotopic (exact) mass is 335 g/mol. The van der Waals surface area contributed by atoms with Crippen LogP contribution in [0.5, 0.6) is 0 Å². The smallest absolute Gasteiger partial charge is 0.203 e. The summed E-state index contributed by atoms with van der Waals surface area (Å²) in [5.74, 6) is -0.00853. The Balaban J connectivity index is 0.00000176. The number of para-hydroxylation sites is 1. The third-order valence-electron chi connectivity index (χ3n) is 3.04. The fourth-order valence-electron chi connectivity index (χ4n) is 2.05. The quantitative estimate of drug-likeness (QED) is 0.721. The first-order valence-electron chi connectivity index (χ1n) is 6.32. The number of hydrogen-bond acceptors (Lipinski definition) is 6. The highest BCUT2D eigenvalue weighted by Gasteiger charge is 2.11. The van der Waals surface area contributed by atoms with Crippen molar-refractivity contribution < 1.29 is 4.79 Å². The van der Waals surface area contributed by atoms with E-state index in [1.165, 1.54) is 29.3 Å². The summed E-state index contributed by atoms with van der Waals surface area (Å²) in [5.41, 5.74) is 4.75. The molecule has 1 aromatic carbocycles. The number of nitrogens with one attached hydrogen (secondary N) is 2. The molecule has 0 saturated heterocycles. The van der Waals surface area contributed by atoms with Gasteiger partial charge in [0.25, 0.3) is 0 Å². The maximum absolute atomic E-state index is 11.5. The van der Waals surface area contributed by atoms with Crippen molar-refractivity contribution in [1.29, 1.82) is 5.41 Å². The predicted octanol–water partition coefficient (Wildman–Crippen LogP) is 2.78. The lowest BCUT2D eigenvalue weighted by atomic mass is 10.2. The van der Waals surface area contributed by atoms with Crippen molar-refractivity contribution in [3.8, 4) is 0 Å². The van der Waals surface area contributed by atoms with Crippen molar-refractivity contribution in [1.82, 2.24) is 14.6 Å². The fourth-order valence-corrected chi connectivity index (χ4v) is 2.91. The van der Waals surface area contributed by atoms with Crippen LogP contribution in [0.4, 0.5) is 5.13 Å². The van der Waals surface area contributed by atoms with Gasteiger partial charge in [-0.1, -0.05) is 23.5 Å². The Hall–Kier alpha value is -2.25.